The van der Waals surface area contributed by atoms with E-state index in [-0.39, 0.29) is 0 Å². The van der Waals surface area contributed by atoms with Crippen LogP contribution in [0.5, 0.6) is 0 Å². The highest BCUT2D eigenvalue weighted by molar-refractivity contribution is 4.95. The summed E-state index contributed by atoms with van der Waals surface area (Å²) in [6.45, 7) is 11.0. The van der Waals surface area contributed by atoms with Crippen LogP contribution in [0.25, 0.3) is 0 Å². The van der Waals surface area contributed by atoms with Crippen LogP contribution in [0.4, 0.5) is 0 Å². The second-order valence-electron chi connectivity index (χ2n) is 6.68. The van der Waals surface area contributed by atoms with Crippen LogP contribution in [0, 0.1) is 17.3 Å². The Morgan fingerprint density at radius 1 is 1.19 bits per heavy atom. The second kappa shape index (κ2) is 5.08. The highest BCUT2D eigenvalue weighted by atomic mass is 15.1. The molecule has 0 bridgehead atoms. The standard InChI is InChI=1S/C15H29N/c1-4-16-9-5-14(6-10-16)12-15(7-8-15)11-13(2)3/h13-14H,4-12H2,1-3H3. The predicted octanol–water partition coefficient (Wildman–Crippen LogP) is 3.93. The highest BCUT2D eigenvalue weighted by Crippen LogP contribution is 2.55. The van der Waals surface area contributed by atoms with Gasteiger partial charge in [-0.05, 0) is 75.4 Å². The van der Waals surface area contributed by atoms with Gasteiger partial charge in [0.05, 0.1) is 0 Å². The molecule has 0 radical (unpaired) electrons. The van der Waals surface area contributed by atoms with Crippen molar-refractivity contribution in [1.29, 1.82) is 0 Å². The van der Waals surface area contributed by atoms with Crippen molar-refractivity contribution < 1.29 is 0 Å². The Labute approximate surface area is 102 Å². The fourth-order valence-electron chi connectivity index (χ4n) is 3.65. The lowest BCUT2D eigenvalue weighted by Crippen LogP contribution is -2.34. The predicted molar refractivity (Wildman–Crippen MR) is 70.6 cm³/mol. The van der Waals surface area contributed by atoms with Crippen LogP contribution in [-0.2, 0) is 0 Å². The third-order valence-electron chi connectivity index (χ3n) is 4.67. The van der Waals surface area contributed by atoms with Crippen molar-refractivity contribution in [2.45, 2.75) is 59.3 Å². The fourth-order valence-corrected chi connectivity index (χ4v) is 3.65. The van der Waals surface area contributed by atoms with Gasteiger partial charge in [-0.3, -0.25) is 0 Å². The molecule has 1 heteroatoms. The molecule has 0 aromatic carbocycles. The Balaban J connectivity index is 1.74. The van der Waals surface area contributed by atoms with Gasteiger partial charge in [0, 0.05) is 0 Å². The molecule has 0 N–H and O–H groups in total. The fraction of sp³-hybridized carbons (Fsp3) is 1.00. The van der Waals surface area contributed by atoms with Crippen molar-refractivity contribution in [2.75, 3.05) is 19.6 Å². The van der Waals surface area contributed by atoms with Crippen molar-refractivity contribution in [3.8, 4) is 0 Å². The minimum atomic E-state index is 0.799. The van der Waals surface area contributed by atoms with Gasteiger partial charge in [-0.15, -0.1) is 0 Å². The summed E-state index contributed by atoms with van der Waals surface area (Å²) in [7, 11) is 0. The van der Waals surface area contributed by atoms with E-state index in [1.165, 1.54) is 51.7 Å². The molecule has 1 aliphatic heterocycles. The molecule has 16 heavy (non-hydrogen) atoms. The maximum atomic E-state index is 2.61. The molecule has 2 rings (SSSR count). The Hall–Kier alpha value is -0.0400. The highest BCUT2D eigenvalue weighted by Gasteiger charge is 2.44. The van der Waals surface area contributed by atoms with Gasteiger partial charge in [-0.1, -0.05) is 20.8 Å². The molecule has 2 fully saturated rings. The lowest BCUT2D eigenvalue weighted by Gasteiger charge is -2.33. The van der Waals surface area contributed by atoms with Gasteiger partial charge in [-0.25, -0.2) is 0 Å². The van der Waals surface area contributed by atoms with Crippen molar-refractivity contribution in [2.24, 2.45) is 17.3 Å². The molecule has 0 aromatic heterocycles. The zero-order valence-corrected chi connectivity index (χ0v) is 11.5. The Bertz CT molecular complexity index is 209. The van der Waals surface area contributed by atoms with Crippen LogP contribution in [0.3, 0.4) is 0 Å². The minimum Gasteiger partial charge on any atom is -0.304 e. The molecule has 0 unspecified atom stereocenters. The first-order chi connectivity index (χ1) is 7.63. The van der Waals surface area contributed by atoms with Crippen LogP contribution in [-0.4, -0.2) is 24.5 Å². The maximum Gasteiger partial charge on any atom is -0.00162 e. The molecule has 1 saturated heterocycles. The third kappa shape index (κ3) is 3.23. The van der Waals surface area contributed by atoms with E-state index in [0.717, 1.165) is 17.3 Å². The van der Waals surface area contributed by atoms with Crippen molar-refractivity contribution in [1.82, 2.24) is 4.90 Å². The van der Waals surface area contributed by atoms with E-state index < -0.39 is 0 Å². The smallest absolute Gasteiger partial charge is 0.00162 e. The van der Waals surface area contributed by atoms with Crippen LogP contribution in [0.15, 0.2) is 0 Å². The maximum absolute atomic E-state index is 2.61. The molecule has 1 heterocycles. The topological polar surface area (TPSA) is 3.24 Å². The average molecular weight is 223 g/mol. The van der Waals surface area contributed by atoms with Crippen molar-refractivity contribution in [3.63, 3.8) is 0 Å². The first-order valence-corrected chi connectivity index (χ1v) is 7.36. The molecule has 2 aliphatic rings. The molecule has 0 aromatic rings. The number of piperidine rings is 1. The molecule has 0 amide bonds. The summed E-state index contributed by atoms with van der Waals surface area (Å²) in [6.07, 6.45) is 9.02. The summed E-state index contributed by atoms with van der Waals surface area (Å²) in [4.78, 5) is 2.61. The second-order valence-corrected chi connectivity index (χ2v) is 6.68. The molecule has 1 nitrogen and oxygen atoms in total. The van der Waals surface area contributed by atoms with E-state index in [2.05, 4.69) is 25.7 Å². The minimum absolute atomic E-state index is 0.799. The van der Waals surface area contributed by atoms with E-state index >= 15 is 0 Å². The molecule has 0 spiro atoms. The van der Waals surface area contributed by atoms with E-state index in [4.69, 9.17) is 0 Å². The van der Waals surface area contributed by atoms with Crippen molar-refractivity contribution in [3.05, 3.63) is 0 Å². The van der Waals surface area contributed by atoms with E-state index in [0.29, 0.717) is 0 Å². The van der Waals surface area contributed by atoms with Gasteiger partial charge in [0.2, 0.25) is 0 Å². The van der Waals surface area contributed by atoms with Gasteiger partial charge in [0.25, 0.3) is 0 Å². The zero-order valence-electron chi connectivity index (χ0n) is 11.5. The zero-order chi connectivity index (χ0) is 11.6. The van der Waals surface area contributed by atoms with E-state index in [1.807, 2.05) is 0 Å². The summed E-state index contributed by atoms with van der Waals surface area (Å²) in [5.41, 5.74) is 0.799. The summed E-state index contributed by atoms with van der Waals surface area (Å²) < 4.78 is 0. The van der Waals surface area contributed by atoms with Gasteiger partial charge >= 0.3 is 0 Å². The monoisotopic (exact) mass is 223 g/mol. The van der Waals surface area contributed by atoms with Crippen molar-refractivity contribution >= 4 is 0 Å². The Morgan fingerprint density at radius 3 is 2.25 bits per heavy atom. The summed E-state index contributed by atoms with van der Waals surface area (Å²) in [5.74, 6) is 1.95. The summed E-state index contributed by atoms with van der Waals surface area (Å²) in [5, 5.41) is 0. The molecular weight excluding hydrogens is 194 g/mol. The van der Waals surface area contributed by atoms with Crippen LogP contribution < -0.4 is 0 Å². The Kier molecular flexibility index (Phi) is 3.94. The number of nitrogens with zero attached hydrogens (tertiary/aromatic N) is 1. The van der Waals surface area contributed by atoms with E-state index in [9.17, 15) is 0 Å². The van der Waals surface area contributed by atoms with Gasteiger partial charge < -0.3 is 4.90 Å². The number of likely N-dealkylation sites (tertiary alicyclic amines) is 1. The lowest BCUT2D eigenvalue weighted by atomic mass is 9.81. The van der Waals surface area contributed by atoms with Gasteiger partial charge in [0.1, 0.15) is 0 Å². The quantitative estimate of drug-likeness (QED) is 0.682. The number of hydrogen-bond acceptors (Lipinski definition) is 1. The average Bonchev–Trinajstić information content (AvgIpc) is 2.98. The van der Waals surface area contributed by atoms with Crippen LogP contribution >= 0.6 is 0 Å². The van der Waals surface area contributed by atoms with Gasteiger partial charge in [-0.2, -0.15) is 0 Å². The molecular formula is C15H29N. The first kappa shape index (κ1) is 12.4. The van der Waals surface area contributed by atoms with Gasteiger partial charge in [0.15, 0.2) is 0 Å². The molecule has 1 aliphatic carbocycles. The third-order valence-corrected chi connectivity index (χ3v) is 4.67. The SMILES string of the molecule is CCN1CCC(CC2(CC(C)C)CC2)CC1. The Morgan fingerprint density at radius 2 is 1.81 bits per heavy atom. The largest absolute Gasteiger partial charge is 0.304 e. The molecule has 94 valence electrons. The first-order valence-electron chi connectivity index (χ1n) is 7.36. The summed E-state index contributed by atoms with van der Waals surface area (Å²) >= 11 is 0. The lowest BCUT2D eigenvalue weighted by molar-refractivity contribution is 0.163. The van der Waals surface area contributed by atoms with Crippen LogP contribution in [0.1, 0.15) is 59.3 Å². The molecule has 1 saturated carbocycles. The van der Waals surface area contributed by atoms with E-state index in [1.54, 1.807) is 6.42 Å². The van der Waals surface area contributed by atoms with Crippen LogP contribution in [0.2, 0.25) is 0 Å². The molecule has 0 atom stereocenters. The number of hydrogen-bond donors (Lipinski definition) is 0. The normalized spacial score (nSPS) is 26.2. The summed E-state index contributed by atoms with van der Waals surface area (Å²) in [6, 6.07) is 0. The number of rotatable bonds is 5.